The van der Waals surface area contributed by atoms with Crippen molar-refractivity contribution in [2.24, 2.45) is 5.92 Å². The first kappa shape index (κ1) is 16.1. The number of aliphatic carboxylic acids is 1. The Morgan fingerprint density at radius 2 is 2.05 bits per heavy atom. The third-order valence-corrected chi connectivity index (χ3v) is 4.55. The molecule has 5 nitrogen and oxygen atoms in total. The van der Waals surface area contributed by atoms with Crippen LogP contribution in [0, 0.1) is 5.92 Å². The van der Waals surface area contributed by atoms with Crippen molar-refractivity contribution in [1.29, 1.82) is 0 Å². The summed E-state index contributed by atoms with van der Waals surface area (Å²) in [5.41, 5.74) is 0. The van der Waals surface area contributed by atoms with Crippen molar-refractivity contribution < 1.29 is 14.7 Å². The van der Waals surface area contributed by atoms with Crippen molar-refractivity contribution in [3.63, 3.8) is 0 Å². The van der Waals surface area contributed by atoms with Crippen LogP contribution in [-0.4, -0.2) is 40.7 Å². The number of rotatable bonds is 6. The van der Waals surface area contributed by atoms with Crippen LogP contribution >= 0.6 is 11.8 Å². The van der Waals surface area contributed by atoms with Crippen LogP contribution in [0.2, 0.25) is 0 Å². The Labute approximate surface area is 118 Å². The highest BCUT2D eigenvalue weighted by molar-refractivity contribution is 7.99. The summed E-state index contributed by atoms with van der Waals surface area (Å²) in [5, 5.41) is 15.0. The molecule has 0 saturated heterocycles. The molecule has 3 N–H and O–H groups in total. The predicted octanol–water partition coefficient (Wildman–Crippen LogP) is 2.07. The summed E-state index contributed by atoms with van der Waals surface area (Å²) < 4.78 is 0. The lowest BCUT2D eigenvalue weighted by molar-refractivity contribution is -0.139. The minimum atomic E-state index is -0.975. The minimum Gasteiger partial charge on any atom is -0.480 e. The summed E-state index contributed by atoms with van der Waals surface area (Å²) in [6, 6.07) is -1.02. The number of hydrogen-bond donors (Lipinski definition) is 3. The topological polar surface area (TPSA) is 78.4 Å². The van der Waals surface area contributed by atoms with E-state index in [0.29, 0.717) is 11.7 Å². The smallest absolute Gasteiger partial charge is 0.326 e. The predicted molar refractivity (Wildman–Crippen MR) is 77.5 cm³/mol. The molecule has 1 rings (SSSR count). The van der Waals surface area contributed by atoms with Gasteiger partial charge in [-0.15, -0.1) is 0 Å². The SMILES string of the molecule is CSC1CCCC1NC(=O)N[C@@H](CC(C)C)C(=O)O. The molecule has 0 aliphatic heterocycles. The molecule has 3 atom stereocenters. The highest BCUT2D eigenvalue weighted by Crippen LogP contribution is 2.28. The second kappa shape index (κ2) is 7.62. The Bertz CT molecular complexity index is 323. The number of carbonyl (C=O) groups excluding carboxylic acids is 1. The Balaban J connectivity index is 2.46. The minimum absolute atomic E-state index is 0.156. The van der Waals surface area contributed by atoms with Crippen LogP contribution in [0.25, 0.3) is 0 Å². The molecule has 1 fully saturated rings. The first-order valence-electron chi connectivity index (χ1n) is 6.76. The maximum Gasteiger partial charge on any atom is 0.326 e. The van der Waals surface area contributed by atoms with E-state index in [4.69, 9.17) is 5.11 Å². The lowest BCUT2D eigenvalue weighted by Gasteiger charge is -2.22. The number of carboxylic acids is 1. The monoisotopic (exact) mass is 288 g/mol. The molecular weight excluding hydrogens is 264 g/mol. The Morgan fingerprint density at radius 1 is 1.37 bits per heavy atom. The van der Waals surface area contributed by atoms with Gasteiger partial charge in [0.15, 0.2) is 0 Å². The third-order valence-electron chi connectivity index (χ3n) is 3.38. The van der Waals surface area contributed by atoms with Crippen LogP contribution in [-0.2, 0) is 4.79 Å². The van der Waals surface area contributed by atoms with E-state index in [0.717, 1.165) is 19.3 Å². The Kier molecular flexibility index (Phi) is 6.48. The summed E-state index contributed by atoms with van der Waals surface area (Å²) in [7, 11) is 0. The second-order valence-electron chi connectivity index (χ2n) is 5.45. The molecule has 0 radical (unpaired) electrons. The molecule has 0 aromatic rings. The molecule has 0 aromatic carbocycles. The zero-order chi connectivity index (χ0) is 14.4. The molecule has 6 heteroatoms. The van der Waals surface area contributed by atoms with Crippen molar-refractivity contribution in [1.82, 2.24) is 10.6 Å². The molecule has 1 aliphatic rings. The Hall–Kier alpha value is -0.910. The standard InChI is InChI=1S/C13H24N2O3S/c1-8(2)7-10(12(16)17)15-13(18)14-9-5-4-6-11(9)19-3/h8-11H,4-7H2,1-3H3,(H,16,17)(H2,14,15,18)/t9?,10-,11?/m0/s1. The second-order valence-corrected chi connectivity index (χ2v) is 6.53. The van der Waals surface area contributed by atoms with Crippen LogP contribution in [0.4, 0.5) is 4.79 Å². The van der Waals surface area contributed by atoms with Gasteiger partial charge in [0.25, 0.3) is 0 Å². The maximum absolute atomic E-state index is 11.9. The first-order valence-corrected chi connectivity index (χ1v) is 8.05. The van der Waals surface area contributed by atoms with Crippen LogP contribution in [0.1, 0.15) is 39.5 Å². The van der Waals surface area contributed by atoms with Gasteiger partial charge < -0.3 is 15.7 Å². The van der Waals surface area contributed by atoms with Crippen molar-refractivity contribution in [2.75, 3.05) is 6.26 Å². The normalized spacial score (nSPS) is 24.2. The number of amides is 2. The summed E-state index contributed by atoms with van der Waals surface area (Å²) in [6.07, 6.45) is 5.69. The van der Waals surface area contributed by atoms with Gasteiger partial charge >= 0.3 is 12.0 Å². The summed E-state index contributed by atoms with van der Waals surface area (Å²) in [5.74, 6) is -0.747. The van der Waals surface area contributed by atoms with Crippen LogP contribution in [0.5, 0.6) is 0 Å². The van der Waals surface area contributed by atoms with Gasteiger partial charge in [0.1, 0.15) is 6.04 Å². The van der Waals surface area contributed by atoms with Gasteiger partial charge in [0.2, 0.25) is 0 Å². The summed E-state index contributed by atoms with van der Waals surface area (Å²) in [6.45, 7) is 3.88. The lowest BCUT2D eigenvalue weighted by Crippen LogP contribution is -2.50. The number of carbonyl (C=O) groups is 2. The van der Waals surface area contributed by atoms with E-state index < -0.39 is 12.0 Å². The molecule has 2 unspecified atom stereocenters. The number of thioether (sulfide) groups is 1. The van der Waals surface area contributed by atoms with Crippen LogP contribution in [0.15, 0.2) is 0 Å². The van der Waals surface area contributed by atoms with Crippen molar-refractivity contribution >= 4 is 23.8 Å². The lowest BCUT2D eigenvalue weighted by atomic mass is 10.0. The van der Waals surface area contributed by atoms with Gasteiger partial charge in [-0.05, 0) is 31.4 Å². The van der Waals surface area contributed by atoms with Gasteiger partial charge in [-0.1, -0.05) is 20.3 Å². The molecule has 0 aromatic heterocycles. The van der Waals surface area contributed by atoms with Gasteiger partial charge in [-0.3, -0.25) is 0 Å². The van der Waals surface area contributed by atoms with Crippen LogP contribution in [0.3, 0.4) is 0 Å². The van der Waals surface area contributed by atoms with Crippen molar-refractivity contribution in [3.8, 4) is 0 Å². The number of nitrogens with one attached hydrogen (secondary N) is 2. The number of carboxylic acid groups (broad SMARTS) is 1. The van der Waals surface area contributed by atoms with E-state index in [9.17, 15) is 9.59 Å². The van der Waals surface area contributed by atoms with E-state index in [-0.39, 0.29) is 18.0 Å². The highest BCUT2D eigenvalue weighted by Gasteiger charge is 2.29. The summed E-state index contributed by atoms with van der Waals surface area (Å²) >= 11 is 1.76. The quantitative estimate of drug-likeness (QED) is 0.699. The van der Waals surface area contributed by atoms with Gasteiger partial charge in [0.05, 0.1) is 0 Å². The molecule has 0 spiro atoms. The van der Waals surface area contributed by atoms with Gasteiger partial charge in [-0.25, -0.2) is 9.59 Å². The van der Waals surface area contributed by atoms with Crippen molar-refractivity contribution in [3.05, 3.63) is 0 Å². The van der Waals surface area contributed by atoms with E-state index in [1.807, 2.05) is 20.1 Å². The summed E-state index contributed by atoms with van der Waals surface area (Å²) in [4.78, 5) is 22.9. The zero-order valence-electron chi connectivity index (χ0n) is 11.8. The fourth-order valence-corrected chi connectivity index (χ4v) is 3.37. The third kappa shape index (κ3) is 5.30. The fourth-order valence-electron chi connectivity index (χ4n) is 2.43. The first-order chi connectivity index (χ1) is 8.93. The van der Waals surface area contributed by atoms with E-state index in [2.05, 4.69) is 10.6 Å². The highest BCUT2D eigenvalue weighted by atomic mass is 32.2. The maximum atomic E-state index is 11.9. The molecule has 1 aliphatic carbocycles. The molecule has 1 saturated carbocycles. The largest absolute Gasteiger partial charge is 0.480 e. The number of urea groups is 1. The zero-order valence-corrected chi connectivity index (χ0v) is 12.6. The molecule has 2 amide bonds. The van der Waals surface area contributed by atoms with E-state index >= 15 is 0 Å². The molecule has 0 bridgehead atoms. The van der Waals surface area contributed by atoms with Gasteiger partial charge in [-0.2, -0.15) is 11.8 Å². The van der Waals surface area contributed by atoms with Gasteiger partial charge in [0, 0.05) is 11.3 Å². The fraction of sp³-hybridized carbons (Fsp3) is 0.846. The molecular formula is C13H24N2O3S. The Morgan fingerprint density at radius 3 is 2.58 bits per heavy atom. The average Bonchev–Trinajstić information content (AvgIpc) is 2.74. The van der Waals surface area contributed by atoms with Crippen molar-refractivity contribution in [2.45, 2.75) is 56.9 Å². The molecule has 110 valence electrons. The molecule has 19 heavy (non-hydrogen) atoms. The molecule has 0 heterocycles. The van der Waals surface area contributed by atoms with Crippen LogP contribution < -0.4 is 10.6 Å². The number of hydrogen-bond acceptors (Lipinski definition) is 3. The average molecular weight is 288 g/mol. The van der Waals surface area contributed by atoms with E-state index in [1.165, 1.54) is 0 Å². The van der Waals surface area contributed by atoms with E-state index in [1.54, 1.807) is 11.8 Å².